The average molecular weight is 259 g/mol. The van der Waals surface area contributed by atoms with Gasteiger partial charge in [-0.05, 0) is 6.42 Å². The molecule has 0 aromatic rings. The van der Waals surface area contributed by atoms with Gasteiger partial charge in [-0.25, -0.2) is 0 Å². The lowest BCUT2D eigenvalue weighted by Gasteiger charge is -2.38. The Morgan fingerprint density at radius 3 is 2.72 bits per heavy atom. The Labute approximate surface area is 111 Å². The smallest absolute Gasteiger partial charge is 0.0897 e. The highest BCUT2D eigenvalue weighted by molar-refractivity contribution is 4.83. The minimum absolute atomic E-state index is 0.265. The first-order chi connectivity index (χ1) is 8.66. The number of hydrogen-bond acceptors (Lipinski definition) is 4. The molecule has 0 amide bonds. The zero-order valence-corrected chi connectivity index (χ0v) is 11.9. The molecular formula is C14H29NO3. The third-order valence-electron chi connectivity index (χ3n) is 3.29. The molecule has 0 aromatic carbocycles. The van der Waals surface area contributed by atoms with Crippen molar-refractivity contribution in [3.63, 3.8) is 0 Å². The van der Waals surface area contributed by atoms with Gasteiger partial charge in [0, 0.05) is 25.1 Å². The van der Waals surface area contributed by atoms with Crippen LogP contribution in [0.5, 0.6) is 0 Å². The number of aliphatic hydroxyl groups excluding tert-OH is 1. The molecule has 4 heteroatoms. The number of nitrogens with one attached hydrogen (secondary N) is 1. The van der Waals surface area contributed by atoms with Gasteiger partial charge in [0.1, 0.15) is 0 Å². The quantitative estimate of drug-likeness (QED) is 0.553. The Kier molecular flexibility index (Phi) is 7.82. The minimum atomic E-state index is -0.402. The number of ether oxygens (including phenoxy) is 2. The summed E-state index contributed by atoms with van der Waals surface area (Å²) in [6.07, 6.45) is 4.44. The highest BCUT2D eigenvalue weighted by Crippen LogP contribution is 2.24. The first-order valence-electron chi connectivity index (χ1n) is 7.20. The van der Waals surface area contributed by atoms with Gasteiger partial charge in [0.15, 0.2) is 0 Å². The summed E-state index contributed by atoms with van der Waals surface area (Å²) in [5.41, 5.74) is 0.265. The van der Waals surface area contributed by atoms with E-state index < -0.39 is 6.10 Å². The molecule has 18 heavy (non-hydrogen) atoms. The molecule has 0 aromatic heterocycles. The Balaban J connectivity index is 1.86. The van der Waals surface area contributed by atoms with Crippen LogP contribution in [0.1, 0.15) is 39.5 Å². The lowest BCUT2D eigenvalue weighted by Crippen LogP contribution is -2.48. The maximum atomic E-state index is 9.72. The second kappa shape index (κ2) is 8.86. The van der Waals surface area contributed by atoms with Gasteiger partial charge in [0.2, 0.25) is 0 Å². The number of aliphatic hydroxyl groups is 1. The molecule has 108 valence electrons. The summed E-state index contributed by atoms with van der Waals surface area (Å²) in [5, 5.41) is 13.0. The van der Waals surface area contributed by atoms with Crippen LogP contribution in [-0.4, -0.2) is 50.7 Å². The van der Waals surface area contributed by atoms with Crippen LogP contribution >= 0.6 is 0 Å². The van der Waals surface area contributed by atoms with Crippen molar-refractivity contribution in [3.05, 3.63) is 0 Å². The molecule has 0 aliphatic carbocycles. The molecule has 1 heterocycles. The van der Waals surface area contributed by atoms with E-state index in [1.807, 2.05) is 0 Å². The van der Waals surface area contributed by atoms with E-state index in [1.165, 1.54) is 19.3 Å². The zero-order chi connectivity index (χ0) is 13.3. The second-order valence-corrected chi connectivity index (χ2v) is 5.72. The van der Waals surface area contributed by atoms with Crippen LogP contribution in [0.15, 0.2) is 0 Å². The molecule has 1 unspecified atom stereocenters. The van der Waals surface area contributed by atoms with Crippen molar-refractivity contribution in [2.45, 2.75) is 45.6 Å². The van der Waals surface area contributed by atoms with E-state index in [0.717, 1.165) is 32.8 Å². The summed E-state index contributed by atoms with van der Waals surface area (Å²) < 4.78 is 10.6. The summed E-state index contributed by atoms with van der Waals surface area (Å²) in [6, 6.07) is 0. The molecule has 4 nitrogen and oxygen atoms in total. The fourth-order valence-corrected chi connectivity index (χ4v) is 2.00. The Hall–Kier alpha value is -0.160. The van der Waals surface area contributed by atoms with Crippen LogP contribution in [0.4, 0.5) is 0 Å². The van der Waals surface area contributed by atoms with Crippen molar-refractivity contribution >= 4 is 0 Å². The van der Waals surface area contributed by atoms with Crippen LogP contribution in [0.2, 0.25) is 0 Å². The third kappa shape index (κ3) is 6.69. The molecule has 0 bridgehead atoms. The van der Waals surface area contributed by atoms with Gasteiger partial charge in [-0.2, -0.15) is 0 Å². The highest BCUT2D eigenvalue weighted by atomic mass is 16.5. The van der Waals surface area contributed by atoms with Crippen molar-refractivity contribution < 1.29 is 14.6 Å². The van der Waals surface area contributed by atoms with Crippen LogP contribution in [0, 0.1) is 5.41 Å². The molecular weight excluding hydrogens is 230 g/mol. The van der Waals surface area contributed by atoms with Crippen LogP contribution in [0.25, 0.3) is 0 Å². The van der Waals surface area contributed by atoms with Gasteiger partial charge in [-0.3, -0.25) is 0 Å². The molecule has 0 saturated carbocycles. The minimum Gasteiger partial charge on any atom is -0.389 e. The number of unbranched alkanes of at least 4 members (excludes halogenated alkanes) is 3. The van der Waals surface area contributed by atoms with E-state index in [4.69, 9.17) is 9.47 Å². The normalized spacial score (nSPS) is 19.5. The molecule has 1 saturated heterocycles. The van der Waals surface area contributed by atoms with Crippen molar-refractivity contribution in [1.82, 2.24) is 5.32 Å². The van der Waals surface area contributed by atoms with E-state index in [1.54, 1.807) is 0 Å². The van der Waals surface area contributed by atoms with Gasteiger partial charge in [-0.15, -0.1) is 0 Å². The van der Waals surface area contributed by atoms with Crippen molar-refractivity contribution in [3.8, 4) is 0 Å². The first-order valence-corrected chi connectivity index (χ1v) is 7.20. The fraction of sp³-hybridized carbons (Fsp3) is 1.00. The van der Waals surface area contributed by atoms with Gasteiger partial charge in [0.05, 0.1) is 25.9 Å². The van der Waals surface area contributed by atoms with Gasteiger partial charge in [-0.1, -0.05) is 33.1 Å². The first kappa shape index (κ1) is 15.9. The fourth-order valence-electron chi connectivity index (χ4n) is 2.00. The molecule has 1 aliphatic rings. The predicted molar refractivity (Wildman–Crippen MR) is 72.8 cm³/mol. The van der Waals surface area contributed by atoms with Gasteiger partial charge >= 0.3 is 0 Å². The van der Waals surface area contributed by atoms with Gasteiger partial charge < -0.3 is 19.9 Å². The molecule has 0 radical (unpaired) electrons. The Morgan fingerprint density at radius 1 is 1.33 bits per heavy atom. The summed E-state index contributed by atoms with van der Waals surface area (Å²) in [7, 11) is 0. The topological polar surface area (TPSA) is 50.7 Å². The van der Waals surface area contributed by atoms with Crippen LogP contribution in [-0.2, 0) is 9.47 Å². The molecule has 1 rings (SSSR count). The van der Waals surface area contributed by atoms with E-state index in [-0.39, 0.29) is 5.41 Å². The maximum absolute atomic E-state index is 9.72. The highest BCUT2D eigenvalue weighted by Gasteiger charge is 2.32. The SMILES string of the molecule is CCCCCCOCC(O)CNCC1(C)COC1. The van der Waals surface area contributed by atoms with Crippen molar-refractivity contribution in [2.24, 2.45) is 5.41 Å². The number of rotatable bonds is 11. The third-order valence-corrected chi connectivity index (χ3v) is 3.29. The Bertz CT molecular complexity index is 207. The summed E-state index contributed by atoms with van der Waals surface area (Å²) in [4.78, 5) is 0. The maximum Gasteiger partial charge on any atom is 0.0897 e. The number of hydrogen-bond donors (Lipinski definition) is 2. The van der Waals surface area contributed by atoms with Crippen molar-refractivity contribution in [1.29, 1.82) is 0 Å². The largest absolute Gasteiger partial charge is 0.389 e. The van der Waals surface area contributed by atoms with E-state index in [2.05, 4.69) is 19.2 Å². The van der Waals surface area contributed by atoms with Crippen LogP contribution < -0.4 is 5.32 Å². The summed E-state index contributed by atoms with van der Waals surface area (Å²) in [5.74, 6) is 0. The lowest BCUT2D eigenvalue weighted by molar-refractivity contribution is -0.1000. The van der Waals surface area contributed by atoms with Crippen LogP contribution in [0.3, 0.4) is 0 Å². The zero-order valence-electron chi connectivity index (χ0n) is 11.9. The average Bonchev–Trinajstić information content (AvgIpc) is 2.31. The van der Waals surface area contributed by atoms with Gasteiger partial charge in [0.25, 0.3) is 0 Å². The lowest BCUT2D eigenvalue weighted by atomic mass is 9.89. The molecule has 2 N–H and O–H groups in total. The summed E-state index contributed by atoms with van der Waals surface area (Å²) >= 11 is 0. The second-order valence-electron chi connectivity index (χ2n) is 5.72. The van der Waals surface area contributed by atoms with E-state index >= 15 is 0 Å². The van der Waals surface area contributed by atoms with Crippen molar-refractivity contribution in [2.75, 3.05) is 39.5 Å². The molecule has 1 fully saturated rings. The summed E-state index contributed by atoms with van der Waals surface area (Å²) in [6.45, 7) is 8.75. The Morgan fingerprint density at radius 2 is 2.11 bits per heavy atom. The van der Waals surface area contributed by atoms with E-state index in [0.29, 0.717) is 13.2 Å². The molecule has 1 atom stereocenters. The standard InChI is InChI=1S/C14H29NO3/c1-3-4-5-6-7-17-9-13(16)8-15-10-14(2)11-18-12-14/h13,15-16H,3-12H2,1-2H3. The monoisotopic (exact) mass is 259 g/mol. The molecule has 0 spiro atoms. The predicted octanol–water partition coefficient (Wildman–Crippen LogP) is 1.57. The van der Waals surface area contributed by atoms with E-state index in [9.17, 15) is 5.11 Å². The molecule has 1 aliphatic heterocycles.